The van der Waals surface area contributed by atoms with Crippen LogP contribution >= 0.6 is 0 Å². The molecule has 1 aromatic carbocycles. The van der Waals surface area contributed by atoms with Crippen LogP contribution in [0.15, 0.2) is 39.6 Å². The molecule has 1 aromatic heterocycles. The van der Waals surface area contributed by atoms with Gasteiger partial charge in [-0.2, -0.15) is 0 Å². The topological polar surface area (TPSA) is 72.3 Å². The molecule has 16 heavy (non-hydrogen) atoms. The summed E-state index contributed by atoms with van der Waals surface area (Å²) in [7, 11) is 1.21. The van der Waals surface area contributed by atoms with Gasteiger partial charge in [-0.3, -0.25) is 0 Å². The summed E-state index contributed by atoms with van der Waals surface area (Å²) in [6, 6.07) is 8.93. The molecular weight excluding hydrogens is 210 g/mol. The van der Waals surface area contributed by atoms with Gasteiger partial charge in [-0.1, -0.05) is 30.3 Å². The number of ether oxygens (including phenoxy) is 1. The van der Waals surface area contributed by atoms with Gasteiger partial charge >= 0.3 is 11.6 Å². The fourth-order valence-corrected chi connectivity index (χ4v) is 1.40. The van der Waals surface area contributed by atoms with Crippen molar-refractivity contribution in [1.29, 1.82) is 0 Å². The van der Waals surface area contributed by atoms with Gasteiger partial charge < -0.3 is 9.26 Å². The van der Waals surface area contributed by atoms with Crippen molar-refractivity contribution in [3.05, 3.63) is 46.3 Å². The van der Waals surface area contributed by atoms with Crippen molar-refractivity contribution in [3.63, 3.8) is 0 Å². The summed E-state index contributed by atoms with van der Waals surface area (Å²) >= 11 is 0. The quantitative estimate of drug-likeness (QED) is 0.775. The third kappa shape index (κ3) is 1.63. The lowest BCUT2D eigenvalue weighted by Gasteiger charge is -1.98. The van der Waals surface area contributed by atoms with Gasteiger partial charge in [0.1, 0.15) is 5.69 Å². The number of esters is 1. The van der Waals surface area contributed by atoms with Crippen LogP contribution in [0.3, 0.4) is 0 Å². The molecule has 0 saturated carbocycles. The van der Waals surface area contributed by atoms with Crippen LogP contribution in [-0.4, -0.2) is 18.2 Å². The number of benzene rings is 1. The maximum absolute atomic E-state index is 11.4. The molecule has 1 heterocycles. The zero-order chi connectivity index (χ0) is 11.5. The normalized spacial score (nSPS) is 10.1. The SMILES string of the molecule is COC(=O)c1c(-c2ccccc2)[nH]oc1=O. The molecule has 0 aliphatic carbocycles. The Labute approximate surface area is 90.6 Å². The smallest absolute Gasteiger partial charge is 0.372 e. The van der Waals surface area contributed by atoms with Gasteiger partial charge in [-0.15, -0.1) is 0 Å². The zero-order valence-electron chi connectivity index (χ0n) is 8.52. The molecule has 0 radical (unpaired) electrons. The second kappa shape index (κ2) is 4.06. The molecule has 82 valence electrons. The molecule has 0 aliphatic heterocycles. The molecule has 1 N–H and O–H groups in total. The lowest BCUT2D eigenvalue weighted by Crippen LogP contribution is -2.12. The Bertz CT molecular complexity index is 553. The Morgan fingerprint density at radius 1 is 1.31 bits per heavy atom. The van der Waals surface area contributed by atoms with Crippen LogP contribution in [0, 0.1) is 0 Å². The van der Waals surface area contributed by atoms with Crippen molar-refractivity contribution >= 4 is 5.97 Å². The molecule has 2 aromatic rings. The number of methoxy groups -OCH3 is 1. The highest BCUT2D eigenvalue weighted by molar-refractivity contribution is 5.95. The van der Waals surface area contributed by atoms with Gasteiger partial charge in [-0.05, 0) is 0 Å². The van der Waals surface area contributed by atoms with E-state index < -0.39 is 11.6 Å². The molecule has 0 aliphatic rings. The molecule has 0 spiro atoms. The summed E-state index contributed by atoms with van der Waals surface area (Å²) in [6.07, 6.45) is 0. The molecule has 5 heteroatoms. The first kappa shape index (κ1) is 10.2. The largest absolute Gasteiger partial charge is 0.465 e. The Morgan fingerprint density at radius 3 is 2.62 bits per heavy atom. The third-order valence-electron chi connectivity index (χ3n) is 2.15. The van der Waals surface area contributed by atoms with Crippen molar-refractivity contribution in [2.75, 3.05) is 7.11 Å². The highest BCUT2D eigenvalue weighted by Gasteiger charge is 2.21. The number of nitrogens with one attached hydrogen (secondary N) is 1. The van der Waals surface area contributed by atoms with Gasteiger partial charge in [0.25, 0.3) is 0 Å². The average Bonchev–Trinajstić information content (AvgIpc) is 2.71. The van der Waals surface area contributed by atoms with Gasteiger partial charge in [0.05, 0.1) is 7.11 Å². The minimum absolute atomic E-state index is 0.117. The molecule has 0 unspecified atom stereocenters. The molecule has 0 saturated heterocycles. The molecule has 0 fully saturated rings. The van der Waals surface area contributed by atoms with E-state index in [1.165, 1.54) is 7.11 Å². The second-order valence-electron chi connectivity index (χ2n) is 3.10. The number of rotatable bonds is 2. The number of carbonyl (C=O) groups excluding carboxylic acids is 1. The van der Waals surface area contributed by atoms with Gasteiger partial charge in [0.2, 0.25) is 0 Å². The van der Waals surface area contributed by atoms with Crippen molar-refractivity contribution in [1.82, 2.24) is 5.16 Å². The van der Waals surface area contributed by atoms with Crippen LogP contribution in [0.4, 0.5) is 0 Å². The van der Waals surface area contributed by atoms with Gasteiger partial charge in [-0.25, -0.2) is 14.7 Å². The van der Waals surface area contributed by atoms with Crippen LogP contribution in [0.2, 0.25) is 0 Å². The molecule has 0 atom stereocenters. The maximum Gasteiger partial charge on any atom is 0.372 e. The first-order chi connectivity index (χ1) is 7.74. The maximum atomic E-state index is 11.4. The first-order valence-electron chi connectivity index (χ1n) is 4.59. The van der Waals surface area contributed by atoms with E-state index in [1.807, 2.05) is 6.07 Å². The number of hydrogen-bond acceptors (Lipinski definition) is 4. The highest BCUT2D eigenvalue weighted by Crippen LogP contribution is 2.19. The van der Waals surface area contributed by atoms with Crippen molar-refractivity contribution < 1.29 is 14.1 Å². The van der Waals surface area contributed by atoms with Gasteiger partial charge in [0, 0.05) is 5.56 Å². The lowest BCUT2D eigenvalue weighted by atomic mass is 10.1. The average molecular weight is 219 g/mol. The lowest BCUT2D eigenvalue weighted by molar-refractivity contribution is 0.0598. The number of hydrogen-bond donors (Lipinski definition) is 1. The zero-order valence-corrected chi connectivity index (χ0v) is 8.52. The second-order valence-corrected chi connectivity index (χ2v) is 3.10. The summed E-state index contributed by atoms with van der Waals surface area (Å²) in [4.78, 5) is 22.7. The predicted molar refractivity (Wildman–Crippen MR) is 56.1 cm³/mol. The summed E-state index contributed by atoms with van der Waals surface area (Å²) < 4.78 is 9.11. The number of carbonyl (C=O) groups is 1. The number of aromatic nitrogens is 1. The predicted octanol–water partition coefficient (Wildman–Crippen LogP) is 1.42. The summed E-state index contributed by atoms with van der Waals surface area (Å²) in [5.41, 5.74) is 0.172. The molecule has 0 bridgehead atoms. The Morgan fingerprint density at radius 2 is 2.00 bits per heavy atom. The summed E-state index contributed by atoms with van der Waals surface area (Å²) in [5.74, 6) is -0.714. The van der Waals surface area contributed by atoms with Crippen molar-refractivity contribution in [2.45, 2.75) is 0 Å². The van der Waals surface area contributed by atoms with E-state index in [4.69, 9.17) is 0 Å². The third-order valence-corrected chi connectivity index (χ3v) is 2.15. The van der Waals surface area contributed by atoms with Crippen LogP contribution < -0.4 is 5.63 Å². The summed E-state index contributed by atoms with van der Waals surface area (Å²) in [5, 5.41) is 2.42. The monoisotopic (exact) mass is 219 g/mol. The van der Waals surface area contributed by atoms with E-state index in [-0.39, 0.29) is 5.56 Å². The first-order valence-corrected chi connectivity index (χ1v) is 4.59. The Hall–Kier alpha value is -2.30. The van der Waals surface area contributed by atoms with Crippen LogP contribution in [0.25, 0.3) is 11.3 Å². The van der Waals surface area contributed by atoms with Crippen LogP contribution in [0.5, 0.6) is 0 Å². The molecule has 0 amide bonds. The fraction of sp³-hybridized carbons (Fsp3) is 0.0909. The Kier molecular flexibility index (Phi) is 2.59. The van der Waals surface area contributed by atoms with E-state index in [9.17, 15) is 9.59 Å². The minimum Gasteiger partial charge on any atom is -0.465 e. The van der Waals surface area contributed by atoms with E-state index >= 15 is 0 Å². The number of H-pyrrole nitrogens is 1. The van der Waals surface area contributed by atoms with E-state index in [2.05, 4.69) is 14.4 Å². The Balaban J connectivity index is 2.59. The van der Waals surface area contributed by atoms with Crippen LogP contribution in [-0.2, 0) is 4.74 Å². The van der Waals surface area contributed by atoms with E-state index in [1.54, 1.807) is 24.3 Å². The van der Waals surface area contributed by atoms with E-state index in [0.29, 0.717) is 11.3 Å². The van der Waals surface area contributed by atoms with Crippen molar-refractivity contribution in [3.8, 4) is 11.3 Å². The summed E-state index contributed by atoms with van der Waals surface area (Å²) in [6.45, 7) is 0. The highest BCUT2D eigenvalue weighted by atomic mass is 16.5. The fourth-order valence-electron chi connectivity index (χ4n) is 1.40. The molecule has 2 rings (SSSR count). The van der Waals surface area contributed by atoms with E-state index in [0.717, 1.165) is 0 Å². The molecule has 5 nitrogen and oxygen atoms in total. The van der Waals surface area contributed by atoms with Gasteiger partial charge in [0.15, 0.2) is 5.56 Å². The number of aromatic amines is 1. The standard InChI is InChI=1S/C11H9NO4/c1-15-10(13)8-9(12-16-11(8)14)7-5-3-2-4-6-7/h2-6,12H,1H3. The minimum atomic E-state index is -0.731. The van der Waals surface area contributed by atoms with Crippen molar-refractivity contribution in [2.24, 2.45) is 0 Å². The molecular formula is C11H9NO4. The van der Waals surface area contributed by atoms with Crippen LogP contribution in [0.1, 0.15) is 10.4 Å².